The molecule has 2 aliphatic rings. The zero-order valence-corrected chi connectivity index (χ0v) is 12.8. The van der Waals surface area contributed by atoms with Gasteiger partial charge in [-0.05, 0) is 23.6 Å². The molecular formula is C17H20F3NO2. The molecule has 3 nitrogen and oxygen atoms in total. The van der Waals surface area contributed by atoms with Crippen molar-refractivity contribution < 1.29 is 22.6 Å². The van der Waals surface area contributed by atoms with Crippen LogP contribution in [0.2, 0.25) is 0 Å². The van der Waals surface area contributed by atoms with Gasteiger partial charge in [-0.2, -0.15) is 13.2 Å². The van der Waals surface area contributed by atoms with Crippen LogP contribution in [0.25, 0.3) is 0 Å². The van der Waals surface area contributed by atoms with Gasteiger partial charge in [0.1, 0.15) is 0 Å². The maximum Gasteiger partial charge on any atom is 0.416 e. The minimum Gasteiger partial charge on any atom is -0.377 e. The van der Waals surface area contributed by atoms with Gasteiger partial charge in [-0.1, -0.05) is 24.3 Å². The Morgan fingerprint density at radius 2 is 2.00 bits per heavy atom. The number of benzene rings is 1. The molecule has 0 aliphatic carbocycles. The van der Waals surface area contributed by atoms with Crippen LogP contribution in [0.15, 0.2) is 35.9 Å². The van der Waals surface area contributed by atoms with Gasteiger partial charge in [-0.3, -0.25) is 4.90 Å². The fraction of sp³-hybridized carbons (Fsp3) is 0.529. The Hall–Kier alpha value is -1.37. The molecule has 2 heterocycles. The Bertz CT molecular complexity index is 571. The summed E-state index contributed by atoms with van der Waals surface area (Å²) in [5.74, 6) is 0. The average molecular weight is 327 g/mol. The number of alkyl halides is 3. The van der Waals surface area contributed by atoms with Gasteiger partial charge in [0.25, 0.3) is 0 Å². The molecule has 1 aromatic carbocycles. The smallest absolute Gasteiger partial charge is 0.377 e. The lowest BCUT2D eigenvalue weighted by Crippen LogP contribution is -2.40. The Balaban J connectivity index is 1.73. The highest BCUT2D eigenvalue weighted by Crippen LogP contribution is 2.36. The molecule has 1 saturated heterocycles. The van der Waals surface area contributed by atoms with Gasteiger partial charge in [-0.15, -0.1) is 0 Å². The highest BCUT2D eigenvalue weighted by atomic mass is 19.4. The quantitative estimate of drug-likeness (QED) is 0.794. The van der Waals surface area contributed by atoms with Crippen LogP contribution >= 0.6 is 0 Å². The fourth-order valence-corrected chi connectivity index (χ4v) is 3.08. The molecule has 0 saturated carbocycles. The van der Waals surface area contributed by atoms with E-state index >= 15 is 0 Å². The monoisotopic (exact) mass is 327 g/mol. The van der Waals surface area contributed by atoms with Gasteiger partial charge in [0.15, 0.2) is 0 Å². The molecule has 0 amide bonds. The van der Waals surface area contributed by atoms with Crippen molar-refractivity contribution in [3.05, 3.63) is 47.0 Å². The van der Waals surface area contributed by atoms with Crippen LogP contribution in [0.5, 0.6) is 0 Å². The van der Waals surface area contributed by atoms with Crippen molar-refractivity contribution in [2.75, 3.05) is 39.5 Å². The second-order valence-electron chi connectivity index (χ2n) is 5.88. The van der Waals surface area contributed by atoms with Crippen molar-refractivity contribution in [3.63, 3.8) is 0 Å². The van der Waals surface area contributed by atoms with Crippen molar-refractivity contribution in [2.24, 2.45) is 0 Å². The van der Waals surface area contributed by atoms with E-state index in [9.17, 15) is 13.2 Å². The van der Waals surface area contributed by atoms with E-state index in [2.05, 4.69) is 11.0 Å². The summed E-state index contributed by atoms with van der Waals surface area (Å²) < 4.78 is 50.6. The summed E-state index contributed by atoms with van der Waals surface area (Å²) in [5.41, 5.74) is 0.812. The van der Waals surface area contributed by atoms with Crippen LogP contribution in [0.4, 0.5) is 13.2 Å². The summed E-state index contributed by atoms with van der Waals surface area (Å²) in [7, 11) is 0. The third-order valence-corrected chi connectivity index (χ3v) is 4.17. The van der Waals surface area contributed by atoms with E-state index in [0.717, 1.165) is 32.2 Å². The van der Waals surface area contributed by atoms with Gasteiger partial charge >= 0.3 is 6.18 Å². The van der Waals surface area contributed by atoms with Gasteiger partial charge in [0, 0.05) is 19.6 Å². The molecule has 0 radical (unpaired) electrons. The first kappa shape index (κ1) is 16.5. The SMILES string of the molecule is FC(F)(F)c1ccccc1C1CN(CC2=CCCOC2)CCO1. The number of hydrogen-bond donors (Lipinski definition) is 0. The van der Waals surface area contributed by atoms with E-state index in [1.54, 1.807) is 6.07 Å². The molecule has 3 rings (SSSR count). The van der Waals surface area contributed by atoms with Gasteiger partial charge in [-0.25, -0.2) is 0 Å². The van der Waals surface area contributed by atoms with E-state index < -0.39 is 17.8 Å². The molecule has 0 bridgehead atoms. The second-order valence-corrected chi connectivity index (χ2v) is 5.88. The van der Waals surface area contributed by atoms with E-state index in [1.165, 1.54) is 17.7 Å². The molecular weight excluding hydrogens is 307 g/mol. The Morgan fingerprint density at radius 1 is 1.17 bits per heavy atom. The Kier molecular flexibility index (Phi) is 5.04. The Morgan fingerprint density at radius 3 is 2.74 bits per heavy atom. The lowest BCUT2D eigenvalue weighted by Gasteiger charge is -2.35. The van der Waals surface area contributed by atoms with Crippen LogP contribution in [0, 0.1) is 0 Å². The molecule has 1 unspecified atom stereocenters. The summed E-state index contributed by atoms with van der Waals surface area (Å²) in [4.78, 5) is 2.14. The molecule has 6 heteroatoms. The lowest BCUT2D eigenvalue weighted by molar-refractivity contribution is -0.140. The number of hydrogen-bond acceptors (Lipinski definition) is 3. The van der Waals surface area contributed by atoms with Crippen LogP contribution in [-0.2, 0) is 15.7 Å². The van der Waals surface area contributed by atoms with E-state index in [4.69, 9.17) is 9.47 Å². The fourth-order valence-electron chi connectivity index (χ4n) is 3.08. The topological polar surface area (TPSA) is 21.7 Å². The molecule has 1 aromatic rings. The maximum atomic E-state index is 13.2. The minimum absolute atomic E-state index is 0.221. The summed E-state index contributed by atoms with van der Waals surface area (Å²) in [6.45, 7) is 3.71. The molecule has 2 aliphatic heterocycles. The third-order valence-electron chi connectivity index (χ3n) is 4.17. The first-order valence-electron chi connectivity index (χ1n) is 7.80. The lowest BCUT2D eigenvalue weighted by atomic mass is 10.00. The zero-order valence-electron chi connectivity index (χ0n) is 12.8. The van der Waals surface area contributed by atoms with Gasteiger partial charge in [0.05, 0.1) is 31.5 Å². The minimum atomic E-state index is -4.36. The van der Waals surface area contributed by atoms with Crippen molar-refractivity contribution in [2.45, 2.75) is 18.7 Å². The first-order chi connectivity index (χ1) is 11.0. The van der Waals surface area contributed by atoms with E-state index in [-0.39, 0.29) is 5.56 Å². The number of halogens is 3. The Labute approximate surface area is 133 Å². The first-order valence-corrected chi connectivity index (χ1v) is 7.80. The van der Waals surface area contributed by atoms with Crippen LogP contribution in [0.1, 0.15) is 23.7 Å². The summed E-state index contributed by atoms with van der Waals surface area (Å²) in [5, 5.41) is 0. The average Bonchev–Trinajstić information content (AvgIpc) is 2.55. The molecule has 23 heavy (non-hydrogen) atoms. The van der Waals surface area contributed by atoms with Crippen LogP contribution in [-0.4, -0.2) is 44.4 Å². The highest BCUT2D eigenvalue weighted by molar-refractivity contribution is 5.32. The van der Waals surface area contributed by atoms with Crippen LogP contribution in [0.3, 0.4) is 0 Å². The van der Waals surface area contributed by atoms with Crippen molar-refractivity contribution >= 4 is 0 Å². The second kappa shape index (κ2) is 7.03. The van der Waals surface area contributed by atoms with Crippen LogP contribution < -0.4 is 0 Å². The number of morpholine rings is 1. The largest absolute Gasteiger partial charge is 0.416 e. The summed E-state index contributed by atoms with van der Waals surface area (Å²) in [6.07, 6.45) is -1.84. The normalized spacial score (nSPS) is 23.6. The highest BCUT2D eigenvalue weighted by Gasteiger charge is 2.36. The third kappa shape index (κ3) is 4.13. The van der Waals surface area contributed by atoms with Crippen molar-refractivity contribution in [1.29, 1.82) is 0 Å². The number of nitrogens with zero attached hydrogens (tertiary/aromatic N) is 1. The predicted octanol–water partition coefficient (Wildman–Crippen LogP) is 3.43. The van der Waals surface area contributed by atoms with E-state index in [1.807, 2.05) is 0 Å². The summed E-state index contributed by atoms with van der Waals surface area (Å²) >= 11 is 0. The molecule has 126 valence electrons. The standard InChI is InChI=1S/C17H20F3NO2/c18-17(19,20)15-6-2-1-5-14(15)16-11-21(7-9-23-16)10-13-4-3-8-22-12-13/h1-2,4-6,16H,3,7-12H2. The molecule has 0 spiro atoms. The van der Waals surface area contributed by atoms with Crippen molar-refractivity contribution in [1.82, 2.24) is 4.90 Å². The molecule has 1 fully saturated rings. The van der Waals surface area contributed by atoms with Crippen molar-refractivity contribution in [3.8, 4) is 0 Å². The number of ether oxygens (including phenoxy) is 2. The summed E-state index contributed by atoms with van der Waals surface area (Å²) in [6, 6.07) is 5.68. The van der Waals surface area contributed by atoms with Gasteiger partial charge in [0.2, 0.25) is 0 Å². The zero-order chi connectivity index (χ0) is 16.3. The number of rotatable bonds is 3. The molecule has 0 aromatic heterocycles. The molecule has 0 N–H and O–H groups in total. The maximum absolute atomic E-state index is 13.2. The predicted molar refractivity (Wildman–Crippen MR) is 80.1 cm³/mol. The molecule has 1 atom stereocenters. The van der Waals surface area contributed by atoms with E-state index in [0.29, 0.717) is 19.8 Å². The van der Waals surface area contributed by atoms with Gasteiger partial charge < -0.3 is 9.47 Å².